The number of ether oxygens (including phenoxy) is 1. The first-order valence-corrected chi connectivity index (χ1v) is 14.5. The lowest BCUT2D eigenvalue weighted by atomic mass is 9.83. The van der Waals surface area contributed by atoms with E-state index < -0.39 is 28.8 Å². The molecule has 3 amide bonds. The van der Waals surface area contributed by atoms with Crippen molar-refractivity contribution < 1.29 is 23.5 Å². The van der Waals surface area contributed by atoms with Crippen LogP contribution in [0.2, 0.25) is 0 Å². The predicted octanol–water partition coefficient (Wildman–Crippen LogP) is 4.80. The van der Waals surface area contributed by atoms with Gasteiger partial charge < -0.3 is 10.1 Å². The highest BCUT2D eigenvalue weighted by atomic mass is 32.2. The van der Waals surface area contributed by atoms with E-state index in [4.69, 9.17) is 4.74 Å². The Morgan fingerprint density at radius 3 is 2.29 bits per heavy atom. The smallest absolute Gasteiger partial charge is 0.308 e. The maximum absolute atomic E-state index is 13.9. The van der Waals surface area contributed by atoms with Crippen LogP contribution in [0.15, 0.2) is 82.6 Å². The lowest BCUT2D eigenvalue weighted by molar-refractivity contribution is -0.122. The summed E-state index contributed by atoms with van der Waals surface area (Å²) in [7, 11) is 1.55. The highest BCUT2D eigenvalue weighted by Gasteiger charge is 2.56. The topological polar surface area (TPSA) is 97.7 Å². The van der Waals surface area contributed by atoms with E-state index in [9.17, 15) is 23.6 Å². The molecule has 1 N–H and O–H groups in total. The van der Waals surface area contributed by atoms with Gasteiger partial charge in [0.1, 0.15) is 23.4 Å². The van der Waals surface area contributed by atoms with Crippen molar-refractivity contribution in [2.45, 2.75) is 29.7 Å². The lowest BCUT2D eigenvalue weighted by Crippen LogP contribution is -2.33. The molecule has 0 spiro atoms. The molecule has 11 heteroatoms. The summed E-state index contributed by atoms with van der Waals surface area (Å²) in [6.07, 6.45) is 0. The minimum Gasteiger partial charge on any atom is -0.497 e. The normalized spacial score (nSPS) is 19.6. The monoisotopic (exact) mass is 589 g/mol. The van der Waals surface area contributed by atoms with Crippen molar-refractivity contribution in [1.29, 1.82) is 0 Å². The summed E-state index contributed by atoms with van der Waals surface area (Å²) in [6, 6.07) is 19.7. The first kappa shape index (κ1) is 27.0. The average Bonchev–Trinajstić information content (AvgIpc) is 3.40. The zero-order chi connectivity index (χ0) is 28.8. The molecule has 4 aromatic rings. The molecule has 8 nitrogen and oxygen atoms in total. The molecule has 2 aliphatic heterocycles. The third kappa shape index (κ3) is 4.85. The van der Waals surface area contributed by atoms with Crippen molar-refractivity contribution in [3.8, 4) is 5.75 Å². The number of nitrogens with one attached hydrogen (secondary N) is 1. The number of anilines is 2. The Morgan fingerprint density at radius 2 is 1.63 bits per heavy atom. The van der Waals surface area contributed by atoms with Crippen LogP contribution < -0.4 is 19.8 Å². The van der Waals surface area contributed by atoms with Gasteiger partial charge in [-0.1, -0.05) is 52.9 Å². The van der Waals surface area contributed by atoms with Gasteiger partial charge >= 0.3 is 4.87 Å². The van der Waals surface area contributed by atoms with Gasteiger partial charge in [-0.25, -0.2) is 9.29 Å². The summed E-state index contributed by atoms with van der Waals surface area (Å²) in [4.78, 5) is 55.3. The number of carbonyl (C=O) groups excluding carboxylic acids is 3. The fourth-order valence-corrected chi connectivity index (χ4v) is 8.02. The average molecular weight is 590 g/mol. The Kier molecular flexibility index (Phi) is 7.00. The lowest BCUT2D eigenvalue weighted by Gasteiger charge is -2.30. The Bertz CT molecular complexity index is 1720. The number of nitrogens with zero attached hydrogens (tertiary/aromatic N) is 2. The van der Waals surface area contributed by atoms with Gasteiger partial charge in [0.25, 0.3) is 0 Å². The van der Waals surface area contributed by atoms with E-state index in [0.717, 1.165) is 28.7 Å². The van der Waals surface area contributed by atoms with Crippen molar-refractivity contribution in [2.24, 2.45) is 5.92 Å². The zero-order valence-electron chi connectivity index (χ0n) is 22.0. The van der Waals surface area contributed by atoms with E-state index in [2.05, 4.69) is 5.32 Å². The number of carbonyl (C=O) groups is 3. The van der Waals surface area contributed by atoms with Crippen LogP contribution in [-0.2, 0) is 20.9 Å². The maximum atomic E-state index is 13.9. The van der Waals surface area contributed by atoms with Crippen LogP contribution in [0.4, 0.5) is 15.8 Å². The Morgan fingerprint density at radius 1 is 0.951 bits per heavy atom. The molecule has 208 valence electrons. The number of fused-ring (bicyclic) bond motifs is 2. The number of imide groups is 1. The van der Waals surface area contributed by atoms with Crippen LogP contribution in [0.25, 0.3) is 0 Å². The van der Waals surface area contributed by atoms with E-state index in [0.29, 0.717) is 32.6 Å². The molecular weight excluding hydrogens is 565 g/mol. The number of halogens is 1. The van der Waals surface area contributed by atoms with E-state index in [1.807, 2.05) is 19.1 Å². The molecule has 1 aromatic heterocycles. The molecular formula is C30H24FN3O5S2. The number of rotatable bonds is 6. The van der Waals surface area contributed by atoms with Crippen LogP contribution >= 0.6 is 23.1 Å². The van der Waals surface area contributed by atoms with Crippen molar-refractivity contribution in [3.05, 3.63) is 104 Å². The standard InChI is InChI=1S/C30H24FN3O5S2/c1-16-3-11-20(12-4-16)34-27(36)24-23(17-5-7-18(31)8-6-17)26-29(40-25(24)28(34)37)33(30(38)41-26)15-22(35)32-19-9-13-21(39-2)14-10-19/h3-14,23-25H,15H2,1-2H3,(H,32,35)/t23-,24?,25?/m0/s1. The molecule has 6 rings (SSSR count). The number of hydrogen-bond donors (Lipinski definition) is 1. The predicted molar refractivity (Wildman–Crippen MR) is 155 cm³/mol. The number of aryl methyl sites for hydroxylation is 1. The van der Waals surface area contributed by atoms with E-state index >= 15 is 0 Å². The maximum Gasteiger partial charge on any atom is 0.308 e. The fraction of sp³-hybridized carbons (Fsp3) is 0.200. The molecule has 1 saturated heterocycles. The number of thiazole rings is 1. The largest absolute Gasteiger partial charge is 0.497 e. The molecule has 0 bridgehead atoms. The van der Waals surface area contributed by atoms with Gasteiger partial charge in [-0.15, -0.1) is 0 Å². The van der Waals surface area contributed by atoms with E-state index in [-0.39, 0.29) is 23.2 Å². The SMILES string of the molecule is COc1ccc(NC(=O)Cn2c3c(sc2=O)[C@@H](c2ccc(F)cc2)C2C(=O)N(c4ccc(C)cc4)C(=O)C2S3)cc1. The van der Waals surface area contributed by atoms with Gasteiger partial charge in [0, 0.05) is 16.5 Å². The van der Waals surface area contributed by atoms with Gasteiger partial charge in [0.15, 0.2) is 0 Å². The zero-order valence-corrected chi connectivity index (χ0v) is 23.6. The molecule has 3 atom stereocenters. The highest BCUT2D eigenvalue weighted by molar-refractivity contribution is 8.00. The summed E-state index contributed by atoms with van der Waals surface area (Å²) in [5.74, 6) is -2.45. The van der Waals surface area contributed by atoms with Crippen LogP contribution in [0.3, 0.4) is 0 Å². The third-order valence-electron chi connectivity index (χ3n) is 7.25. The minimum absolute atomic E-state index is 0.277. The number of benzene rings is 3. The van der Waals surface area contributed by atoms with Crippen LogP contribution in [0.5, 0.6) is 5.75 Å². The quantitative estimate of drug-likeness (QED) is 0.325. The molecule has 41 heavy (non-hydrogen) atoms. The van der Waals surface area contributed by atoms with Crippen LogP contribution in [0, 0.1) is 18.7 Å². The summed E-state index contributed by atoms with van der Waals surface area (Å²) in [5, 5.41) is 2.42. The molecule has 3 aromatic carbocycles. The highest BCUT2D eigenvalue weighted by Crippen LogP contribution is 2.53. The van der Waals surface area contributed by atoms with Crippen molar-refractivity contribution in [2.75, 3.05) is 17.3 Å². The minimum atomic E-state index is -0.823. The second-order valence-corrected chi connectivity index (χ2v) is 12.0. The third-order valence-corrected chi connectivity index (χ3v) is 9.85. The Hall–Kier alpha value is -4.22. The number of thioether (sulfide) groups is 1. The molecule has 3 heterocycles. The van der Waals surface area contributed by atoms with E-state index in [1.54, 1.807) is 55.6 Å². The molecule has 2 aliphatic rings. The first-order chi connectivity index (χ1) is 19.7. The van der Waals surface area contributed by atoms with Crippen molar-refractivity contribution in [3.63, 3.8) is 0 Å². The summed E-state index contributed by atoms with van der Waals surface area (Å²) in [6.45, 7) is 1.64. The number of hydrogen-bond acceptors (Lipinski definition) is 7. The molecule has 1 fully saturated rings. The first-order valence-electron chi connectivity index (χ1n) is 12.8. The van der Waals surface area contributed by atoms with Crippen LogP contribution in [0.1, 0.15) is 21.9 Å². The van der Waals surface area contributed by atoms with Crippen LogP contribution in [-0.4, -0.2) is 34.6 Å². The number of methoxy groups -OCH3 is 1. The van der Waals surface area contributed by atoms with Crippen molar-refractivity contribution in [1.82, 2.24) is 4.57 Å². The summed E-state index contributed by atoms with van der Waals surface area (Å²) < 4.78 is 20.4. The molecule has 2 unspecified atom stereocenters. The second-order valence-electron chi connectivity index (χ2n) is 9.84. The Labute approximate surface area is 242 Å². The molecule has 0 aliphatic carbocycles. The van der Waals surface area contributed by atoms with Gasteiger partial charge in [-0.2, -0.15) is 0 Å². The van der Waals surface area contributed by atoms with Crippen molar-refractivity contribution >= 4 is 52.2 Å². The van der Waals surface area contributed by atoms with Gasteiger partial charge in [0.05, 0.1) is 23.7 Å². The fourth-order valence-electron chi connectivity index (χ4n) is 5.25. The van der Waals surface area contributed by atoms with Gasteiger partial charge in [-0.05, 0) is 61.0 Å². The van der Waals surface area contributed by atoms with Gasteiger partial charge in [-0.3, -0.25) is 23.7 Å². The molecule has 0 saturated carbocycles. The Balaban J connectivity index is 1.38. The summed E-state index contributed by atoms with van der Waals surface area (Å²) in [5.41, 5.74) is 2.61. The van der Waals surface area contributed by atoms with E-state index in [1.165, 1.54) is 21.6 Å². The molecule has 0 radical (unpaired) electrons. The number of amides is 3. The summed E-state index contributed by atoms with van der Waals surface area (Å²) >= 11 is 2.08. The second kappa shape index (κ2) is 10.6. The van der Waals surface area contributed by atoms with Gasteiger partial charge in [0.2, 0.25) is 17.7 Å². The number of aromatic nitrogens is 1.